The molecule has 0 unspecified atom stereocenters. The fraction of sp³-hybridized carbons (Fsp3) is 0.250. The molecule has 1 aliphatic rings. The fourth-order valence-electron chi connectivity index (χ4n) is 4.64. The highest BCUT2D eigenvalue weighted by Gasteiger charge is 2.26. The van der Waals surface area contributed by atoms with Crippen LogP contribution in [0, 0.1) is 0 Å². The third kappa shape index (κ3) is 6.18. The molecule has 5 rings (SSSR count). The molecule has 1 aliphatic heterocycles. The highest BCUT2D eigenvalue weighted by molar-refractivity contribution is 6.30. The Balaban J connectivity index is 1.22. The first-order valence-corrected chi connectivity index (χ1v) is 12.6. The third-order valence-corrected chi connectivity index (χ3v) is 6.68. The number of hydrogen-bond acceptors (Lipinski definition) is 7. The molecule has 184 valence electrons. The summed E-state index contributed by atoms with van der Waals surface area (Å²) in [6.45, 7) is 4.98. The Morgan fingerprint density at radius 3 is 2.00 bits per heavy atom. The zero-order valence-electron chi connectivity index (χ0n) is 20.1. The van der Waals surface area contributed by atoms with Gasteiger partial charge in [-0.25, -0.2) is 0 Å². The number of nitrogen functional groups attached to an aromatic ring is 1. The van der Waals surface area contributed by atoms with Crippen LogP contribution < -0.4 is 11.1 Å². The molecule has 36 heavy (non-hydrogen) atoms. The standard InChI is InChI=1S/C28H30ClN7/c29-24-13-11-21(12-14-24)19-31-28-33-25(32-27(30)34-28)20-35-15-17-36(18-16-35)26(22-7-3-1-4-8-22)23-9-5-2-6-10-23/h1-14,26H,15-20H2,(H3,30,31,32,33,34). The van der Waals surface area contributed by atoms with E-state index >= 15 is 0 Å². The van der Waals surface area contributed by atoms with E-state index in [0.29, 0.717) is 29.9 Å². The van der Waals surface area contributed by atoms with Crippen molar-refractivity contribution in [2.75, 3.05) is 37.2 Å². The van der Waals surface area contributed by atoms with Crippen LogP contribution in [-0.2, 0) is 13.1 Å². The van der Waals surface area contributed by atoms with Crippen molar-refractivity contribution in [1.82, 2.24) is 24.8 Å². The predicted octanol–water partition coefficient (Wildman–Crippen LogP) is 4.63. The summed E-state index contributed by atoms with van der Waals surface area (Å²) in [6, 6.07) is 29.4. The molecule has 3 aromatic carbocycles. The zero-order valence-corrected chi connectivity index (χ0v) is 20.9. The molecular formula is C28H30ClN7. The predicted molar refractivity (Wildman–Crippen MR) is 145 cm³/mol. The van der Waals surface area contributed by atoms with Gasteiger partial charge < -0.3 is 11.1 Å². The van der Waals surface area contributed by atoms with Gasteiger partial charge in [0, 0.05) is 37.7 Å². The second kappa shape index (κ2) is 11.5. The smallest absolute Gasteiger partial charge is 0.228 e. The molecule has 0 spiro atoms. The summed E-state index contributed by atoms with van der Waals surface area (Å²) in [7, 11) is 0. The van der Waals surface area contributed by atoms with Crippen LogP contribution in [0.1, 0.15) is 28.6 Å². The van der Waals surface area contributed by atoms with Gasteiger partial charge in [-0.05, 0) is 28.8 Å². The van der Waals surface area contributed by atoms with Gasteiger partial charge in [0.25, 0.3) is 0 Å². The van der Waals surface area contributed by atoms with Crippen LogP contribution in [0.5, 0.6) is 0 Å². The van der Waals surface area contributed by atoms with Gasteiger partial charge in [-0.2, -0.15) is 15.0 Å². The normalized spacial score (nSPS) is 14.7. The lowest BCUT2D eigenvalue weighted by molar-refractivity contribution is 0.103. The summed E-state index contributed by atoms with van der Waals surface area (Å²) in [5.41, 5.74) is 9.72. The van der Waals surface area contributed by atoms with E-state index in [1.165, 1.54) is 11.1 Å². The van der Waals surface area contributed by atoms with Gasteiger partial charge in [0.2, 0.25) is 11.9 Å². The van der Waals surface area contributed by atoms with Crippen molar-refractivity contribution in [3.8, 4) is 0 Å². The molecule has 7 nitrogen and oxygen atoms in total. The molecule has 2 heterocycles. The van der Waals surface area contributed by atoms with Crippen LogP contribution in [-0.4, -0.2) is 50.9 Å². The van der Waals surface area contributed by atoms with Gasteiger partial charge >= 0.3 is 0 Å². The van der Waals surface area contributed by atoms with E-state index < -0.39 is 0 Å². The molecule has 8 heteroatoms. The van der Waals surface area contributed by atoms with Crippen molar-refractivity contribution in [2.45, 2.75) is 19.1 Å². The van der Waals surface area contributed by atoms with E-state index in [-0.39, 0.29) is 12.0 Å². The van der Waals surface area contributed by atoms with Gasteiger partial charge in [0.1, 0.15) is 5.82 Å². The van der Waals surface area contributed by atoms with Crippen LogP contribution in [0.15, 0.2) is 84.9 Å². The first-order chi connectivity index (χ1) is 17.6. The number of halogens is 1. The Hall–Kier alpha value is -3.52. The molecule has 1 fully saturated rings. The van der Waals surface area contributed by atoms with Crippen molar-refractivity contribution in [3.63, 3.8) is 0 Å². The van der Waals surface area contributed by atoms with Crippen LogP contribution >= 0.6 is 11.6 Å². The monoisotopic (exact) mass is 499 g/mol. The first-order valence-electron chi connectivity index (χ1n) is 12.2. The minimum Gasteiger partial charge on any atom is -0.368 e. The van der Waals surface area contributed by atoms with Crippen molar-refractivity contribution in [2.24, 2.45) is 0 Å². The molecule has 0 saturated carbocycles. The Labute approximate surface area is 217 Å². The molecule has 0 bridgehead atoms. The van der Waals surface area contributed by atoms with Crippen molar-refractivity contribution in [1.29, 1.82) is 0 Å². The molecule has 0 aliphatic carbocycles. The lowest BCUT2D eigenvalue weighted by Gasteiger charge is -2.39. The van der Waals surface area contributed by atoms with Gasteiger partial charge in [-0.3, -0.25) is 9.80 Å². The molecule has 1 saturated heterocycles. The van der Waals surface area contributed by atoms with E-state index in [2.05, 4.69) is 90.7 Å². The highest BCUT2D eigenvalue weighted by Crippen LogP contribution is 2.29. The van der Waals surface area contributed by atoms with Gasteiger partial charge in [-0.1, -0.05) is 84.4 Å². The first kappa shape index (κ1) is 24.2. The van der Waals surface area contributed by atoms with Gasteiger partial charge in [-0.15, -0.1) is 0 Å². The number of anilines is 2. The summed E-state index contributed by atoms with van der Waals surface area (Å²) in [5.74, 6) is 1.39. The quantitative estimate of drug-likeness (QED) is 0.366. The van der Waals surface area contributed by atoms with E-state index in [9.17, 15) is 0 Å². The number of nitrogens with two attached hydrogens (primary N) is 1. The Kier molecular flexibility index (Phi) is 7.71. The van der Waals surface area contributed by atoms with Crippen LogP contribution in [0.25, 0.3) is 0 Å². The van der Waals surface area contributed by atoms with Crippen LogP contribution in [0.2, 0.25) is 5.02 Å². The molecule has 0 atom stereocenters. The number of hydrogen-bond donors (Lipinski definition) is 2. The number of nitrogens with zero attached hydrogens (tertiary/aromatic N) is 5. The van der Waals surface area contributed by atoms with Gasteiger partial charge in [0.05, 0.1) is 12.6 Å². The SMILES string of the molecule is Nc1nc(CN2CCN(C(c3ccccc3)c3ccccc3)CC2)nc(NCc2ccc(Cl)cc2)n1. The number of benzene rings is 3. The fourth-order valence-corrected chi connectivity index (χ4v) is 4.76. The largest absolute Gasteiger partial charge is 0.368 e. The molecule has 3 N–H and O–H groups in total. The van der Waals surface area contributed by atoms with Crippen molar-refractivity contribution in [3.05, 3.63) is 112 Å². The molecular weight excluding hydrogens is 470 g/mol. The topological polar surface area (TPSA) is 83.2 Å². The molecule has 1 aromatic heterocycles. The highest BCUT2D eigenvalue weighted by atomic mass is 35.5. The lowest BCUT2D eigenvalue weighted by Crippen LogP contribution is -2.47. The summed E-state index contributed by atoms with van der Waals surface area (Å²) < 4.78 is 0. The van der Waals surface area contributed by atoms with Crippen LogP contribution in [0.3, 0.4) is 0 Å². The molecule has 0 radical (unpaired) electrons. The van der Waals surface area contributed by atoms with Crippen molar-refractivity contribution >= 4 is 23.5 Å². The lowest BCUT2D eigenvalue weighted by atomic mass is 9.96. The number of aromatic nitrogens is 3. The minimum absolute atomic E-state index is 0.227. The second-order valence-corrected chi connectivity index (χ2v) is 9.39. The third-order valence-electron chi connectivity index (χ3n) is 6.43. The van der Waals surface area contributed by atoms with E-state index in [4.69, 9.17) is 17.3 Å². The average Bonchev–Trinajstić information content (AvgIpc) is 2.90. The zero-order chi connectivity index (χ0) is 24.7. The Bertz CT molecular complexity index is 1200. The molecule has 0 amide bonds. The number of piperazine rings is 1. The number of nitrogens with one attached hydrogen (secondary N) is 1. The Morgan fingerprint density at radius 2 is 1.39 bits per heavy atom. The summed E-state index contributed by atoms with van der Waals surface area (Å²) >= 11 is 5.97. The second-order valence-electron chi connectivity index (χ2n) is 8.95. The average molecular weight is 500 g/mol. The van der Waals surface area contributed by atoms with E-state index in [1.54, 1.807) is 0 Å². The van der Waals surface area contributed by atoms with Crippen LogP contribution in [0.4, 0.5) is 11.9 Å². The van der Waals surface area contributed by atoms with Gasteiger partial charge in [0.15, 0.2) is 0 Å². The maximum absolute atomic E-state index is 6.00. The maximum Gasteiger partial charge on any atom is 0.228 e. The number of rotatable bonds is 8. The molecule has 4 aromatic rings. The maximum atomic E-state index is 6.00. The Morgan fingerprint density at radius 1 is 0.778 bits per heavy atom. The summed E-state index contributed by atoms with van der Waals surface area (Å²) in [6.07, 6.45) is 0. The summed E-state index contributed by atoms with van der Waals surface area (Å²) in [4.78, 5) is 18.2. The van der Waals surface area contributed by atoms with E-state index in [0.717, 1.165) is 31.7 Å². The van der Waals surface area contributed by atoms with E-state index in [1.807, 2.05) is 24.3 Å². The minimum atomic E-state index is 0.227. The summed E-state index contributed by atoms with van der Waals surface area (Å²) in [5, 5.41) is 3.96. The van der Waals surface area contributed by atoms with Crippen molar-refractivity contribution < 1.29 is 0 Å².